The molecule has 8 heteroatoms. The summed E-state index contributed by atoms with van der Waals surface area (Å²) >= 11 is 5.95. The zero-order valence-corrected chi connectivity index (χ0v) is 16.5. The Bertz CT molecular complexity index is 998. The van der Waals surface area contributed by atoms with E-state index in [2.05, 4.69) is 41.9 Å². The van der Waals surface area contributed by atoms with Crippen molar-refractivity contribution in [2.24, 2.45) is 0 Å². The Labute approximate surface area is 168 Å². The monoisotopic (exact) mass is 395 g/mol. The molecule has 1 atom stereocenters. The molecule has 28 heavy (non-hydrogen) atoms. The average Bonchev–Trinajstić information content (AvgIpc) is 3.31. The zero-order valence-electron chi connectivity index (χ0n) is 15.8. The largest absolute Gasteiger partial charge is 0.378 e. The van der Waals surface area contributed by atoms with Gasteiger partial charge in [0.05, 0.1) is 13.1 Å². The van der Waals surface area contributed by atoms with Gasteiger partial charge in [-0.2, -0.15) is 0 Å². The number of aromatic nitrogens is 5. The van der Waals surface area contributed by atoms with Gasteiger partial charge in [-0.3, -0.25) is 0 Å². The van der Waals surface area contributed by atoms with E-state index < -0.39 is 0 Å². The van der Waals surface area contributed by atoms with Gasteiger partial charge < -0.3 is 14.8 Å². The number of halogens is 1. The number of fused-ring (bicyclic) bond motifs is 2. The third-order valence-electron chi connectivity index (χ3n) is 5.68. The molecule has 144 valence electrons. The van der Waals surface area contributed by atoms with Crippen LogP contribution in [0.2, 0.25) is 5.02 Å². The number of anilines is 2. The fourth-order valence-corrected chi connectivity index (χ4v) is 4.28. The van der Waals surface area contributed by atoms with Crippen LogP contribution in [0.4, 0.5) is 11.5 Å². The van der Waals surface area contributed by atoms with Gasteiger partial charge in [-0.1, -0.05) is 18.5 Å². The van der Waals surface area contributed by atoms with Crippen molar-refractivity contribution in [3.63, 3.8) is 0 Å². The van der Waals surface area contributed by atoms with E-state index in [1.807, 2.05) is 24.3 Å². The van der Waals surface area contributed by atoms with Gasteiger partial charge in [0.25, 0.3) is 0 Å². The van der Waals surface area contributed by atoms with Crippen LogP contribution in [0.3, 0.4) is 0 Å². The van der Waals surface area contributed by atoms with Crippen LogP contribution in [0.25, 0.3) is 0 Å². The van der Waals surface area contributed by atoms with Crippen molar-refractivity contribution >= 4 is 23.1 Å². The molecule has 5 rings (SSSR count). The molecule has 2 aliphatic rings. The lowest BCUT2D eigenvalue weighted by Gasteiger charge is -2.30. The highest BCUT2D eigenvalue weighted by Gasteiger charge is 2.29. The minimum Gasteiger partial charge on any atom is -0.378 e. The van der Waals surface area contributed by atoms with E-state index in [0.29, 0.717) is 12.5 Å². The van der Waals surface area contributed by atoms with E-state index in [0.717, 1.165) is 60.7 Å². The quantitative estimate of drug-likeness (QED) is 0.730. The molecule has 1 N–H and O–H groups in total. The summed E-state index contributed by atoms with van der Waals surface area (Å²) in [4.78, 5) is 11.4. The molecular weight excluding hydrogens is 374 g/mol. The maximum Gasteiger partial charge on any atom is 0.152 e. The van der Waals surface area contributed by atoms with Crippen LogP contribution in [-0.2, 0) is 26.1 Å². The summed E-state index contributed by atoms with van der Waals surface area (Å²) in [5.41, 5.74) is 3.54. The lowest BCUT2D eigenvalue weighted by atomic mass is 10.1. The van der Waals surface area contributed by atoms with Gasteiger partial charge in [0.2, 0.25) is 0 Å². The van der Waals surface area contributed by atoms with E-state index in [1.165, 1.54) is 11.3 Å². The summed E-state index contributed by atoms with van der Waals surface area (Å²) in [6, 6.07) is 7.69. The standard InChI is InChI=1S/C20H22ClN7/c1-13-2-7-16-19(13)20(24-12-23-16)27-8-9-28-17(25-26-18(28)11-27)10-22-15-5-3-14(21)4-6-15/h3-6,12-13,22H,2,7-11H2,1H3/t13-/m1/s1. The predicted octanol–water partition coefficient (Wildman–Crippen LogP) is 3.40. The molecule has 0 radical (unpaired) electrons. The van der Waals surface area contributed by atoms with Crippen LogP contribution < -0.4 is 10.2 Å². The normalized spacial score (nSPS) is 18.1. The van der Waals surface area contributed by atoms with Crippen molar-refractivity contribution in [3.8, 4) is 0 Å². The van der Waals surface area contributed by atoms with Crippen molar-refractivity contribution < 1.29 is 0 Å². The first-order valence-electron chi connectivity index (χ1n) is 9.68. The average molecular weight is 396 g/mol. The molecule has 3 heterocycles. The van der Waals surface area contributed by atoms with Crippen LogP contribution >= 0.6 is 11.6 Å². The number of nitrogens with zero attached hydrogens (tertiary/aromatic N) is 6. The van der Waals surface area contributed by atoms with Gasteiger partial charge in [0, 0.05) is 35.1 Å². The first kappa shape index (κ1) is 17.4. The Balaban J connectivity index is 1.33. The maximum atomic E-state index is 5.95. The Morgan fingerprint density at radius 3 is 2.86 bits per heavy atom. The number of hydrogen-bond donors (Lipinski definition) is 1. The van der Waals surface area contributed by atoms with Gasteiger partial charge in [-0.25, -0.2) is 9.97 Å². The van der Waals surface area contributed by atoms with Gasteiger partial charge in [-0.05, 0) is 43.0 Å². The van der Waals surface area contributed by atoms with Crippen LogP contribution in [0.15, 0.2) is 30.6 Å². The van der Waals surface area contributed by atoms with E-state index in [4.69, 9.17) is 11.6 Å². The molecule has 0 unspecified atom stereocenters. The Kier molecular flexibility index (Phi) is 4.39. The second kappa shape index (κ2) is 7.05. The van der Waals surface area contributed by atoms with Crippen molar-refractivity contribution in [1.82, 2.24) is 24.7 Å². The lowest BCUT2D eigenvalue weighted by molar-refractivity contribution is 0.539. The van der Waals surface area contributed by atoms with Crippen molar-refractivity contribution in [1.29, 1.82) is 0 Å². The summed E-state index contributed by atoms with van der Waals surface area (Å²) in [6.45, 7) is 5.38. The first-order chi connectivity index (χ1) is 13.7. The number of rotatable bonds is 4. The van der Waals surface area contributed by atoms with Crippen molar-refractivity contribution in [2.45, 2.75) is 45.3 Å². The van der Waals surface area contributed by atoms with Gasteiger partial charge in [-0.15, -0.1) is 10.2 Å². The number of hydrogen-bond acceptors (Lipinski definition) is 6. The van der Waals surface area contributed by atoms with Crippen LogP contribution in [0.1, 0.15) is 42.2 Å². The summed E-state index contributed by atoms with van der Waals surface area (Å²) in [5, 5.41) is 13.0. The van der Waals surface area contributed by atoms with Gasteiger partial charge in [0.1, 0.15) is 12.1 Å². The zero-order chi connectivity index (χ0) is 19.1. The lowest BCUT2D eigenvalue weighted by Crippen LogP contribution is -2.36. The van der Waals surface area contributed by atoms with E-state index in [-0.39, 0.29) is 0 Å². The predicted molar refractivity (Wildman–Crippen MR) is 109 cm³/mol. The maximum absolute atomic E-state index is 5.95. The van der Waals surface area contributed by atoms with E-state index in [1.54, 1.807) is 6.33 Å². The number of nitrogens with one attached hydrogen (secondary N) is 1. The van der Waals surface area contributed by atoms with Crippen LogP contribution in [-0.4, -0.2) is 31.3 Å². The summed E-state index contributed by atoms with van der Waals surface area (Å²) < 4.78 is 2.21. The molecule has 0 saturated carbocycles. The minimum atomic E-state index is 0.519. The summed E-state index contributed by atoms with van der Waals surface area (Å²) in [6.07, 6.45) is 3.91. The summed E-state index contributed by atoms with van der Waals surface area (Å²) in [5.74, 6) is 3.53. The minimum absolute atomic E-state index is 0.519. The molecule has 1 aliphatic heterocycles. The molecule has 1 aliphatic carbocycles. The number of aryl methyl sites for hydroxylation is 1. The second-order valence-electron chi connectivity index (χ2n) is 7.46. The fourth-order valence-electron chi connectivity index (χ4n) is 4.15. The molecule has 0 spiro atoms. The highest BCUT2D eigenvalue weighted by molar-refractivity contribution is 6.30. The Hall–Kier alpha value is -2.67. The molecule has 0 bridgehead atoms. The van der Waals surface area contributed by atoms with E-state index >= 15 is 0 Å². The third kappa shape index (κ3) is 3.09. The SMILES string of the molecule is C[C@@H]1CCc2ncnc(N3CCn4c(CNc5ccc(Cl)cc5)nnc4C3)c21. The fraction of sp³-hybridized carbons (Fsp3) is 0.400. The van der Waals surface area contributed by atoms with Gasteiger partial charge in [0.15, 0.2) is 11.6 Å². The molecule has 2 aromatic heterocycles. The van der Waals surface area contributed by atoms with Crippen molar-refractivity contribution in [3.05, 3.63) is 58.5 Å². The molecule has 0 saturated heterocycles. The Morgan fingerprint density at radius 1 is 1.14 bits per heavy atom. The molecule has 0 amide bonds. The smallest absolute Gasteiger partial charge is 0.152 e. The van der Waals surface area contributed by atoms with Crippen LogP contribution in [0.5, 0.6) is 0 Å². The number of benzene rings is 1. The molecular formula is C20H22ClN7. The summed E-state index contributed by atoms with van der Waals surface area (Å²) in [7, 11) is 0. The molecule has 3 aromatic rings. The highest BCUT2D eigenvalue weighted by Crippen LogP contribution is 2.37. The van der Waals surface area contributed by atoms with Gasteiger partial charge >= 0.3 is 0 Å². The molecule has 1 aromatic carbocycles. The van der Waals surface area contributed by atoms with Crippen LogP contribution in [0, 0.1) is 0 Å². The molecule has 0 fully saturated rings. The Morgan fingerprint density at radius 2 is 2.00 bits per heavy atom. The highest BCUT2D eigenvalue weighted by atomic mass is 35.5. The van der Waals surface area contributed by atoms with Crippen molar-refractivity contribution in [2.75, 3.05) is 16.8 Å². The topological polar surface area (TPSA) is 71.8 Å². The molecule has 7 nitrogen and oxygen atoms in total. The first-order valence-corrected chi connectivity index (χ1v) is 10.1. The van der Waals surface area contributed by atoms with E-state index in [9.17, 15) is 0 Å². The third-order valence-corrected chi connectivity index (χ3v) is 5.93. The second-order valence-corrected chi connectivity index (χ2v) is 7.90.